The molecule has 3 aromatic rings. The third kappa shape index (κ3) is 4.66. The number of furan rings is 1. The molecular weight excluding hydrogens is 444 g/mol. The summed E-state index contributed by atoms with van der Waals surface area (Å²) in [5.74, 6) is -0.461. The maximum atomic E-state index is 13.0. The molecule has 5 atom stereocenters. The number of hydrogen-bond donors (Lipinski definition) is 5. The molecule has 0 saturated carbocycles. The van der Waals surface area contributed by atoms with Crippen molar-refractivity contribution in [1.29, 1.82) is 0 Å². The Bertz CT molecular complexity index is 1150. The van der Waals surface area contributed by atoms with Crippen molar-refractivity contribution in [3.05, 3.63) is 59.4 Å². The van der Waals surface area contributed by atoms with Crippen molar-refractivity contribution in [2.75, 3.05) is 13.2 Å². The van der Waals surface area contributed by atoms with E-state index in [4.69, 9.17) is 13.9 Å². The maximum absolute atomic E-state index is 13.0. The fourth-order valence-corrected chi connectivity index (χ4v) is 4.23. The van der Waals surface area contributed by atoms with E-state index < -0.39 is 37.1 Å². The van der Waals surface area contributed by atoms with Crippen LogP contribution in [0.15, 0.2) is 47.1 Å². The average Bonchev–Trinajstić information content (AvgIpc) is 3.30. The minimum absolute atomic E-state index is 0.0137. The zero-order chi connectivity index (χ0) is 24.4. The standard InChI is InChI=1S/C25H28O9/c1-2-32-20-11-18(28)15(10-16(20)25-24(31)23(30)22(29)21(12-26)34-25)17(27)5-3-13-4-6-19-14(9-13)7-8-33-19/h4,6-11,21-26,28-31H,2-3,5,12H2,1H3. The Hall–Kier alpha value is -2.95. The first-order valence-electron chi connectivity index (χ1n) is 11.1. The summed E-state index contributed by atoms with van der Waals surface area (Å²) in [5, 5.41) is 51.8. The number of carbonyl (C=O) groups excluding carboxylic acids is 1. The lowest BCUT2D eigenvalue weighted by atomic mass is 9.89. The molecule has 0 spiro atoms. The van der Waals surface area contributed by atoms with Gasteiger partial charge in [0.25, 0.3) is 0 Å². The van der Waals surface area contributed by atoms with Crippen LogP contribution in [0.1, 0.15) is 40.9 Å². The SMILES string of the molecule is CCOc1cc(O)c(C(=O)CCc2ccc3occc3c2)cc1C1OC(CO)C(O)C(O)C1O. The smallest absolute Gasteiger partial charge is 0.166 e. The van der Waals surface area contributed by atoms with E-state index in [1.807, 2.05) is 24.3 Å². The molecule has 0 amide bonds. The van der Waals surface area contributed by atoms with E-state index in [0.29, 0.717) is 6.42 Å². The number of fused-ring (bicyclic) bond motifs is 1. The van der Waals surface area contributed by atoms with Gasteiger partial charge < -0.3 is 39.4 Å². The third-order valence-electron chi connectivity index (χ3n) is 6.08. The van der Waals surface area contributed by atoms with Gasteiger partial charge in [-0.3, -0.25) is 4.79 Å². The van der Waals surface area contributed by atoms with Gasteiger partial charge in [-0.2, -0.15) is 0 Å². The van der Waals surface area contributed by atoms with E-state index in [0.717, 1.165) is 16.5 Å². The fraction of sp³-hybridized carbons (Fsp3) is 0.400. The van der Waals surface area contributed by atoms with Crippen molar-refractivity contribution in [2.45, 2.75) is 50.3 Å². The van der Waals surface area contributed by atoms with Gasteiger partial charge in [-0.15, -0.1) is 0 Å². The molecule has 4 rings (SSSR count). The van der Waals surface area contributed by atoms with Gasteiger partial charge in [0.2, 0.25) is 0 Å². The Balaban J connectivity index is 1.61. The lowest BCUT2D eigenvalue weighted by Crippen LogP contribution is -2.55. The van der Waals surface area contributed by atoms with Crippen LogP contribution in [0.25, 0.3) is 11.0 Å². The average molecular weight is 472 g/mol. The van der Waals surface area contributed by atoms with Gasteiger partial charge in [-0.1, -0.05) is 6.07 Å². The highest BCUT2D eigenvalue weighted by molar-refractivity contribution is 5.99. The molecule has 5 unspecified atom stereocenters. The predicted molar refractivity (Wildman–Crippen MR) is 121 cm³/mol. The number of benzene rings is 2. The topological polar surface area (TPSA) is 150 Å². The number of phenols is 1. The molecule has 2 heterocycles. The molecular formula is C25H28O9. The van der Waals surface area contributed by atoms with Crippen molar-refractivity contribution in [1.82, 2.24) is 0 Å². The second-order valence-corrected chi connectivity index (χ2v) is 8.31. The van der Waals surface area contributed by atoms with Crippen LogP contribution in [-0.4, -0.2) is 68.9 Å². The van der Waals surface area contributed by atoms with Crippen molar-refractivity contribution >= 4 is 16.8 Å². The van der Waals surface area contributed by atoms with E-state index in [-0.39, 0.29) is 41.4 Å². The summed E-state index contributed by atoms with van der Waals surface area (Å²) in [7, 11) is 0. The molecule has 9 heteroatoms. The normalized spacial score (nSPS) is 24.9. The third-order valence-corrected chi connectivity index (χ3v) is 6.08. The Morgan fingerprint density at radius 1 is 1.06 bits per heavy atom. The largest absolute Gasteiger partial charge is 0.507 e. The van der Waals surface area contributed by atoms with E-state index in [2.05, 4.69) is 0 Å². The molecule has 5 N–H and O–H groups in total. The van der Waals surface area contributed by atoms with Crippen LogP contribution in [0.5, 0.6) is 11.5 Å². The fourth-order valence-electron chi connectivity index (χ4n) is 4.23. The van der Waals surface area contributed by atoms with Gasteiger partial charge in [-0.25, -0.2) is 0 Å². The van der Waals surface area contributed by atoms with Gasteiger partial charge in [-0.05, 0) is 43.2 Å². The Labute approximate surface area is 195 Å². The van der Waals surface area contributed by atoms with Crippen LogP contribution in [0.2, 0.25) is 0 Å². The van der Waals surface area contributed by atoms with E-state index >= 15 is 0 Å². The summed E-state index contributed by atoms with van der Waals surface area (Å²) in [6, 6.07) is 10.1. The Kier molecular flexibility index (Phi) is 7.20. The van der Waals surface area contributed by atoms with Crippen molar-refractivity contribution < 1.29 is 44.2 Å². The highest BCUT2D eigenvalue weighted by Crippen LogP contribution is 2.40. The summed E-state index contributed by atoms with van der Waals surface area (Å²) < 4.78 is 16.5. The number of rotatable bonds is 8. The molecule has 0 radical (unpaired) electrons. The molecule has 1 saturated heterocycles. The number of hydrogen-bond acceptors (Lipinski definition) is 9. The summed E-state index contributed by atoms with van der Waals surface area (Å²) >= 11 is 0. The quantitative estimate of drug-likeness (QED) is 0.310. The van der Waals surface area contributed by atoms with Gasteiger partial charge in [0.15, 0.2) is 5.78 Å². The van der Waals surface area contributed by atoms with Crippen molar-refractivity contribution in [3.8, 4) is 11.5 Å². The maximum Gasteiger partial charge on any atom is 0.166 e. The Morgan fingerprint density at radius 3 is 2.59 bits per heavy atom. The van der Waals surface area contributed by atoms with Crippen LogP contribution >= 0.6 is 0 Å². The van der Waals surface area contributed by atoms with Gasteiger partial charge in [0.05, 0.1) is 25.0 Å². The molecule has 34 heavy (non-hydrogen) atoms. The number of aryl methyl sites for hydroxylation is 1. The highest BCUT2D eigenvalue weighted by atomic mass is 16.5. The molecule has 0 bridgehead atoms. The summed E-state index contributed by atoms with van der Waals surface area (Å²) in [6.07, 6.45) is -4.84. The number of Topliss-reactive ketones (excluding diaryl/α,β-unsaturated/α-hetero) is 1. The molecule has 1 aliphatic rings. The number of phenolic OH excluding ortho intramolecular Hbond substituents is 1. The highest BCUT2D eigenvalue weighted by Gasteiger charge is 2.45. The minimum Gasteiger partial charge on any atom is -0.507 e. The lowest BCUT2D eigenvalue weighted by molar-refractivity contribution is -0.232. The van der Waals surface area contributed by atoms with Crippen LogP contribution < -0.4 is 4.74 Å². The van der Waals surface area contributed by atoms with Gasteiger partial charge in [0, 0.05) is 23.4 Å². The number of aliphatic hydroxyl groups excluding tert-OH is 4. The number of aliphatic hydroxyl groups is 4. The van der Waals surface area contributed by atoms with E-state index in [1.165, 1.54) is 12.1 Å². The first-order chi connectivity index (χ1) is 16.3. The lowest BCUT2D eigenvalue weighted by Gasteiger charge is -2.40. The second kappa shape index (κ2) is 10.1. The summed E-state index contributed by atoms with van der Waals surface area (Å²) in [4.78, 5) is 13.0. The Morgan fingerprint density at radius 2 is 1.85 bits per heavy atom. The number of aromatic hydroxyl groups is 1. The summed E-state index contributed by atoms with van der Waals surface area (Å²) in [6.45, 7) is 1.37. The molecule has 9 nitrogen and oxygen atoms in total. The minimum atomic E-state index is -1.59. The molecule has 1 aliphatic heterocycles. The summed E-state index contributed by atoms with van der Waals surface area (Å²) in [5.41, 5.74) is 1.92. The number of carbonyl (C=O) groups is 1. The van der Waals surface area contributed by atoms with Gasteiger partial charge in [0.1, 0.15) is 47.6 Å². The van der Waals surface area contributed by atoms with E-state index in [9.17, 15) is 30.3 Å². The van der Waals surface area contributed by atoms with Crippen molar-refractivity contribution in [2.24, 2.45) is 0 Å². The number of ether oxygens (including phenoxy) is 2. The zero-order valence-corrected chi connectivity index (χ0v) is 18.6. The molecule has 1 aromatic heterocycles. The van der Waals surface area contributed by atoms with Gasteiger partial charge >= 0.3 is 0 Å². The molecule has 1 fully saturated rings. The predicted octanol–water partition coefficient (Wildman–Crippen LogP) is 1.87. The zero-order valence-electron chi connectivity index (χ0n) is 18.6. The molecule has 0 aliphatic carbocycles. The molecule has 182 valence electrons. The first-order valence-corrected chi connectivity index (χ1v) is 11.1. The number of ketones is 1. The van der Waals surface area contributed by atoms with E-state index in [1.54, 1.807) is 13.2 Å². The second-order valence-electron chi connectivity index (χ2n) is 8.31. The monoisotopic (exact) mass is 472 g/mol. The van der Waals surface area contributed by atoms with Crippen LogP contribution in [-0.2, 0) is 11.2 Å². The van der Waals surface area contributed by atoms with Crippen LogP contribution in [0.3, 0.4) is 0 Å². The van der Waals surface area contributed by atoms with Crippen LogP contribution in [0.4, 0.5) is 0 Å². The first kappa shape index (κ1) is 24.2. The van der Waals surface area contributed by atoms with Crippen LogP contribution in [0, 0.1) is 0 Å². The molecule has 2 aromatic carbocycles. The van der Waals surface area contributed by atoms with Crippen molar-refractivity contribution in [3.63, 3.8) is 0 Å².